The van der Waals surface area contributed by atoms with Crippen molar-refractivity contribution >= 4 is 0 Å². The zero-order chi connectivity index (χ0) is 11.5. The molecule has 2 atom stereocenters. The highest BCUT2D eigenvalue weighted by atomic mass is 19.3. The van der Waals surface area contributed by atoms with Crippen molar-refractivity contribution in [2.24, 2.45) is 11.8 Å². The molecule has 0 spiro atoms. The average Bonchev–Trinajstić information content (AvgIpc) is 2.62. The second-order valence-corrected chi connectivity index (χ2v) is 4.45. The third-order valence-corrected chi connectivity index (χ3v) is 3.20. The van der Waals surface area contributed by atoms with Crippen LogP contribution in [0.3, 0.4) is 0 Å². The average molecular weight is 222 g/mol. The van der Waals surface area contributed by atoms with E-state index >= 15 is 0 Å². The van der Waals surface area contributed by atoms with Crippen LogP contribution in [0.5, 0.6) is 0 Å². The van der Waals surface area contributed by atoms with Gasteiger partial charge in [0.1, 0.15) is 0 Å². The first-order chi connectivity index (χ1) is 7.00. The fourth-order valence-corrected chi connectivity index (χ4v) is 2.19. The van der Waals surface area contributed by atoms with Gasteiger partial charge in [0, 0.05) is 18.3 Å². The minimum Gasteiger partial charge on any atom is -0.368 e. The summed E-state index contributed by atoms with van der Waals surface area (Å²) in [5, 5.41) is 17.3. The lowest BCUT2D eigenvalue weighted by molar-refractivity contribution is -0.0572. The van der Waals surface area contributed by atoms with Crippen molar-refractivity contribution in [2.75, 3.05) is 0 Å². The molecule has 0 amide bonds. The van der Waals surface area contributed by atoms with Gasteiger partial charge in [-0.1, -0.05) is 32.6 Å². The highest BCUT2D eigenvalue weighted by molar-refractivity contribution is 5.04. The molecule has 0 aromatic heterocycles. The molecule has 1 fully saturated rings. The van der Waals surface area contributed by atoms with E-state index < -0.39 is 24.0 Å². The second-order valence-electron chi connectivity index (χ2n) is 4.45. The van der Waals surface area contributed by atoms with E-state index in [1.54, 1.807) is 0 Å². The van der Waals surface area contributed by atoms with E-state index in [1.807, 2.05) is 0 Å². The Morgan fingerprint density at radius 2 is 1.80 bits per heavy atom. The Labute approximate surface area is 89.3 Å². The molecule has 1 rings (SSSR count). The largest absolute Gasteiger partial charge is 0.368 e. The van der Waals surface area contributed by atoms with Crippen molar-refractivity contribution in [3.63, 3.8) is 0 Å². The van der Waals surface area contributed by atoms with Crippen molar-refractivity contribution in [1.29, 1.82) is 0 Å². The molecule has 2 N–H and O–H groups in total. The Hall–Kier alpha value is -0.220. The van der Waals surface area contributed by atoms with Crippen LogP contribution in [0.4, 0.5) is 8.78 Å². The molecule has 1 aliphatic rings. The summed E-state index contributed by atoms with van der Waals surface area (Å²) in [5.41, 5.74) is 0. The summed E-state index contributed by atoms with van der Waals surface area (Å²) in [5.74, 6) is -4.08. The lowest BCUT2D eigenvalue weighted by atomic mass is 10.1. The van der Waals surface area contributed by atoms with E-state index in [-0.39, 0.29) is 6.42 Å². The van der Waals surface area contributed by atoms with Crippen LogP contribution in [0.1, 0.15) is 45.4 Å². The molecule has 0 radical (unpaired) electrons. The van der Waals surface area contributed by atoms with E-state index in [0.717, 1.165) is 25.7 Å². The predicted octanol–water partition coefficient (Wildman–Crippen LogP) is 2.54. The number of unbranched alkanes of at least 4 members (excludes halogenated alkanes) is 3. The van der Waals surface area contributed by atoms with E-state index in [1.165, 1.54) is 0 Å². The molecular weight excluding hydrogens is 202 g/mol. The van der Waals surface area contributed by atoms with Gasteiger partial charge in [0.2, 0.25) is 0 Å². The van der Waals surface area contributed by atoms with E-state index in [0.29, 0.717) is 6.42 Å². The second kappa shape index (κ2) is 5.21. The first kappa shape index (κ1) is 12.8. The monoisotopic (exact) mass is 222 g/mol. The Morgan fingerprint density at radius 3 is 2.33 bits per heavy atom. The summed E-state index contributed by atoms with van der Waals surface area (Å²) in [4.78, 5) is 0. The Bertz CT molecular complexity index is 195. The summed E-state index contributed by atoms with van der Waals surface area (Å²) in [6.45, 7) is 2.08. The molecule has 2 nitrogen and oxygen atoms in total. The number of hydrogen-bond donors (Lipinski definition) is 2. The van der Waals surface area contributed by atoms with Gasteiger partial charge in [0.15, 0.2) is 6.29 Å². The highest BCUT2D eigenvalue weighted by Gasteiger charge is 2.67. The zero-order valence-corrected chi connectivity index (χ0v) is 9.13. The van der Waals surface area contributed by atoms with Crippen LogP contribution >= 0.6 is 0 Å². The molecule has 2 unspecified atom stereocenters. The van der Waals surface area contributed by atoms with Gasteiger partial charge < -0.3 is 10.2 Å². The van der Waals surface area contributed by atoms with Crippen LogP contribution in [0.2, 0.25) is 0 Å². The molecule has 15 heavy (non-hydrogen) atoms. The van der Waals surface area contributed by atoms with Crippen LogP contribution in [0.15, 0.2) is 0 Å². The van der Waals surface area contributed by atoms with Crippen LogP contribution in [0.25, 0.3) is 0 Å². The number of alkyl halides is 2. The van der Waals surface area contributed by atoms with Crippen LogP contribution in [-0.2, 0) is 0 Å². The van der Waals surface area contributed by atoms with Crippen molar-refractivity contribution < 1.29 is 19.0 Å². The predicted molar refractivity (Wildman–Crippen MR) is 53.5 cm³/mol. The van der Waals surface area contributed by atoms with Gasteiger partial charge in [0.05, 0.1) is 0 Å². The first-order valence-electron chi connectivity index (χ1n) is 5.74. The summed E-state index contributed by atoms with van der Waals surface area (Å²) in [6, 6.07) is 0. The molecule has 0 aromatic carbocycles. The summed E-state index contributed by atoms with van der Waals surface area (Å²) in [6.07, 6.45) is 2.74. The fraction of sp³-hybridized carbons (Fsp3) is 1.00. The molecular formula is C11H20F2O2. The maximum atomic E-state index is 13.1. The summed E-state index contributed by atoms with van der Waals surface area (Å²) in [7, 11) is 0. The topological polar surface area (TPSA) is 40.5 Å². The third kappa shape index (κ3) is 3.38. The number of rotatable bonds is 7. The molecule has 0 heterocycles. The van der Waals surface area contributed by atoms with Gasteiger partial charge in [0.25, 0.3) is 5.92 Å². The summed E-state index contributed by atoms with van der Waals surface area (Å²) >= 11 is 0. The van der Waals surface area contributed by atoms with Crippen LogP contribution < -0.4 is 0 Å². The smallest absolute Gasteiger partial charge is 0.254 e. The first-order valence-corrected chi connectivity index (χ1v) is 5.74. The maximum Gasteiger partial charge on any atom is 0.254 e. The van der Waals surface area contributed by atoms with Gasteiger partial charge in [-0.3, -0.25) is 0 Å². The van der Waals surface area contributed by atoms with E-state index in [9.17, 15) is 8.78 Å². The number of aliphatic hydroxyl groups excluding tert-OH is 1. The normalized spacial score (nSPS) is 28.4. The number of halogens is 2. The quantitative estimate of drug-likeness (QED) is 0.513. The lowest BCUT2D eigenvalue weighted by Crippen LogP contribution is -2.07. The van der Waals surface area contributed by atoms with Crippen molar-refractivity contribution in [3.8, 4) is 0 Å². The molecule has 90 valence electrons. The van der Waals surface area contributed by atoms with Crippen LogP contribution in [0, 0.1) is 11.8 Å². The number of hydrogen-bond acceptors (Lipinski definition) is 2. The van der Waals surface area contributed by atoms with Gasteiger partial charge in [-0.25, -0.2) is 8.78 Å². The summed E-state index contributed by atoms with van der Waals surface area (Å²) < 4.78 is 26.2. The van der Waals surface area contributed by atoms with Crippen molar-refractivity contribution in [3.05, 3.63) is 0 Å². The highest BCUT2D eigenvalue weighted by Crippen LogP contribution is 2.59. The molecule has 0 saturated heterocycles. The molecule has 0 aromatic rings. The minimum absolute atomic E-state index is 0.189. The molecule has 4 heteroatoms. The molecule has 1 aliphatic carbocycles. The third-order valence-electron chi connectivity index (χ3n) is 3.20. The Kier molecular flexibility index (Phi) is 4.46. The fourth-order valence-electron chi connectivity index (χ4n) is 2.19. The molecule has 0 bridgehead atoms. The SMILES string of the molecule is CCCCCCC1C(CC(O)O)C1(F)F. The van der Waals surface area contributed by atoms with Gasteiger partial charge >= 0.3 is 0 Å². The Morgan fingerprint density at radius 1 is 1.13 bits per heavy atom. The van der Waals surface area contributed by atoms with E-state index in [2.05, 4.69) is 6.92 Å². The Balaban J connectivity index is 2.19. The molecule has 0 aliphatic heterocycles. The standard InChI is InChI=1S/C11H20F2O2/c1-2-3-4-5-6-8-9(7-10(14)15)11(8,12)13/h8-10,14-15H,2-7H2,1H3. The maximum absolute atomic E-state index is 13.1. The van der Waals surface area contributed by atoms with Crippen LogP contribution in [-0.4, -0.2) is 22.4 Å². The van der Waals surface area contributed by atoms with Gasteiger partial charge in [-0.2, -0.15) is 0 Å². The van der Waals surface area contributed by atoms with E-state index in [4.69, 9.17) is 10.2 Å². The zero-order valence-electron chi connectivity index (χ0n) is 9.13. The number of aliphatic hydroxyl groups is 2. The lowest BCUT2D eigenvalue weighted by Gasteiger charge is -2.00. The van der Waals surface area contributed by atoms with Crippen molar-refractivity contribution in [1.82, 2.24) is 0 Å². The minimum atomic E-state index is -2.66. The van der Waals surface area contributed by atoms with Gasteiger partial charge in [-0.15, -0.1) is 0 Å². The molecule has 1 saturated carbocycles. The van der Waals surface area contributed by atoms with Crippen molar-refractivity contribution in [2.45, 2.75) is 57.7 Å². The van der Waals surface area contributed by atoms with Gasteiger partial charge in [-0.05, 0) is 6.42 Å².